The van der Waals surface area contributed by atoms with E-state index in [1.807, 2.05) is 53.6 Å². The number of carbonyl (C=O) groups is 1. The van der Waals surface area contributed by atoms with Crippen LogP contribution in [-0.2, 0) is 9.47 Å². The molecule has 34 heavy (non-hydrogen) atoms. The number of carbonyl (C=O) groups excluding carboxylic acids is 1. The zero-order valence-electron chi connectivity index (χ0n) is 19.5. The minimum absolute atomic E-state index is 0.0576. The number of benzene rings is 2. The number of likely N-dealkylation sites (tertiary alicyclic amines) is 1. The van der Waals surface area contributed by atoms with Gasteiger partial charge in [-0.15, -0.1) is 0 Å². The van der Waals surface area contributed by atoms with Gasteiger partial charge in [-0.1, -0.05) is 18.2 Å². The van der Waals surface area contributed by atoms with Crippen molar-refractivity contribution in [2.45, 2.75) is 19.1 Å². The first kappa shape index (κ1) is 22.4. The average Bonchev–Trinajstić information content (AvgIpc) is 3.59. The molecule has 0 radical (unpaired) electrons. The molecular formula is C26H29N3O5. The molecule has 2 aromatic carbocycles. The van der Waals surface area contributed by atoms with E-state index in [0.717, 1.165) is 24.1 Å². The van der Waals surface area contributed by atoms with Gasteiger partial charge >= 0.3 is 0 Å². The Hall–Kier alpha value is -3.36. The number of para-hydroxylation sites is 1. The molecule has 1 atom stereocenters. The number of hydrogen-bond donors (Lipinski definition) is 0. The van der Waals surface area contributed by atoms with Gasteiger partial charge in [0.25, 0.3) is 5.91 Å². The monoisotopic (exact) mass is 463 g/mol. The van der Waals surface area contributed by atoms with Crippen LogP contribution in [0.3, 0.4) is 0 Å². The summed E-state index contributed by atoms with van der Waals surface area (Å²) < 4.78 is 24.2. The molecule has 0 saturated carbocycles. The molecule has 8 heteroatoms. The lowest BCUT2D eigenvalue weighted by Gasteiger charge is -2.34. The summed E-state index contributed by atoms with van der Waals surface area (Å²) >= 11 is 0. The standard InChI is InChI=1S/C26H29N3O5/c1-31-20-10-11-21(23(15-20)32-2)24-22(17-29(27-24)19-8-4-3-5-9-19)25(30)28-12-6-7-18(16-28)26-33-13-14-34-26/h3-5,8-11,15,17-18,26H,6-7,12-14,16H2,1-2H3. The Balaban J connectivity index is 1.53. The molecule has 1 unspecified atom stereocenters. The second kappa shape index (κ2) is 9.87. The fraction of sp³-hybridized carbons (Fsp3) is 0.385. The molecule has 178 valence electrons. The molecular weight excluding hydrogens is 434 g/mol. The maximum Gasteiger partial charge on any atom is 0.257 e. The van der Waals surface area contributed by atoms with Crippen LogP contribution in [-0.4, -0.2) is 67.4 Å². The van der Waals surface area contributed by atoms with Crippen molar-refractivity contribution in [1.29, 1.82) is 0 Å². The van der Waals surface area contributed by atoms with Crippen LogP contribution >= 0.6 is 0 Å². The quantitative estimate of drug-likeness (QED) is 0.554. The van der Waals surface area contributed by atoms with E-state index in [4.69, 9.17) is 24.0 Å². The summed E-state index contributed by atoms with van der Waals surface area (Å²) in [5.41, 5.74) is 2.71. The van der Waals surface area contributed by atoms with Gasteiger partial charge in [0, 0.05) is 36.8 Å². The largest absolute Gasteiger partial charge is 0.497 e. The summed E-state index contributed by atoms with van der Waals surface area (Å²) in [6, 6.07) is 15.3. The highest BCUT2D eigenvalue weighted by molar-refractivity contribution is 6.00. The first-order valence-corrected chi connectivity index (χ1v) is 11.6. The van der Waals surface area contributed by atoms with Crippen molar-refractivity contribution >= 4 is 5.91 Å². The average molecular weight is 464 g/mol. The second-order valence-corrected chi connectivity index (χ2v) is 8.50. The third kappa shape index (κ3) is 4.38. The molecule has 3 aromatic rings. The van der Waals surface area contributed by atoms with Gasteiger partial charge < -0.3 is 23.8 Å². The van der Waals surface area contributed by atoms with Gasteiger partial charge in [-0.05, 0) is 37.1 Å². The molecule has 0 aliphatic carbocycles. The molecule has 0 N–H and O–H groups in total. The molecule has 5 rings (SSSR count). The normalized spacial score (nSPS) is 18.8. The van der Waals surface area contributed by atoms with E-state index in [1.165, 1.54) is 0 Å². The molecule has 2 saturated heterocycles. The van der Waals surface area contributed by atoms with Crippen LogP contribution in [0.2, 0.25) is 0 Å². The van der Waals surface area contributed by atoms with Crippen LogP contribution in [0.25, 0.3) is 16.9 Å². The summed E-state index contributed by atoms with van der Waals surface area (Å²) in [6.45, 7) is 2.51. The summed E-state index contributed by atoms with van der Waals surface area (Å²) in [5.74, 6) is 1.38. The first-order valence-electron chi connectivity index (χ1n) is 11.6. The third-order valence-corrected chi connectivity index (χ3v) is 6.41. The van der Waals surface area contributed by atoms with Gasteiger partial charge in [0.15, 0.2) is 6.29 Å². The molecule has 0 bridgehead atoms. The number of ether oxygens (including phenoxy) is 4. The maximum absolute atomic E-state index is 13.8. The first-order chi connectivity index (χ1) is 16.7. The molecule has 2 fully saturated rings. The maximum atomic E-state index is 13.8. The number of methoxy groups -OCH3 is 2. The molecule has 2 aliphatic heterocycles. The van der Waals surface area contributed by atoms with E-state index in [0.29, 0.717) is 49.1 Å². The van der Waals surface area contributed by atoms with E-state index in [9.17, 15) is 4.79 Å². The zero-order chi connectivity index (χ0) is 23.5. The number of amides is 1. The number of piperidine rings is 1. The molecule has 8 nitrogen and oxygen atoms in total. The van der Waals surface area contributed by atoms with Crippen molar-refractivity contribution in [3.05, 3.63) is 60.3 Å². The molecule has 2 aliphatic rings. The van der Waals surface area contributed by atoms with Crippen molar-refractivity contribution in [1.82, 2.24) is 14.7 Å². The van der Waals surface area contributed by atoms with E-state index in [2.05, 4.69) is 0 Å². The number of hydrogen-bond acceptors (Lipinski definition) is 6. The van der Waals surface area contributed by atoms with Crippen LogP contribution in [0.15, 0.2) is 54.7 Å². The Morgan fingerprint density at radius 2 is 1.85 bits per heavy atom. The lowest BCUT2D eigenvalue weighted by Crippen LogP contribution is -2.43. The van der Waals surface area contributed by atoms with Crippen molar-refractivity contribution in [3.8, 4) is 28.4 Å². The van der Waals surface area contributed by atoms with Gasteiger partial charge in [-0.25, -0.2) is 4.68 Å². The summed E-state index contributed by atoms with van der Waals surface area (Å²) in [7, 11) is 3.21. The van der Waals surface area contributed by atoms with Gasteiger partial charge in [-0.3, -0.25) is 4.79 Å². The third-order valence-electron chi connectivity index (χ3n) is 6.41. The van der Waals surface area contributed by atoms with E-state index < -0.39 is 0 Å². The lowest BCUT2D eigenvalue weighted by molar-refractivity contribution is -0.0969. The number of aromatic nitrogens is 2. The molecule has 1 amide bonds. The SMILES string of the molecule is COc1ccc(-c2nn(-c3ccccc3)cc2C(=O)N2CCCC(C3OCCO3)C2)c(OC)c1. The van der Waals surface area contributed by atoms with E-state index >= 15 is 0 Å². The predicted molar refractivity (Wildman–Crippen MR) is 126 cm³/mol. The summed E-state index contributed by atoms with van der Waals surface area (Å²) in [4.78, 5) is 15.7. The van der Waals surface area contributed by atoms with Crippen molar-refractivity contribution in [3.63, 3.8) is 0 Å². The zero-order valence-corrected chi connectivity index (χ0v) is 19.5. The van der Waals surface area contributed by atoms with Crippen molar-refractivity contribution < 1.29 is 23.7 Å². The topological polar surface area (TPSA) is 75.1 Å². The van der Waals surface area contributed by atoms with Gasteiger partial charge in [0.05, 0.1) is 38.7 Å². The molecule has 3 heterocycles. The fourth-order valence-electron chi connectivity index (χ4n) is 4.67. The Morgan fingerprint density at radius 3 is 2.59 bits per heavy atom. The Kier molecular flexibility index (Phi) is 6.51. The van der Waals surface area contributed by atoms with Crippen LogP contribution in [0.1, 0.15) is 23.2 Å². The second-order valence-electron chi connectivity index (χ2n) is 8.50. The molecule has 0 spiro atoms. The van der Waals surface area contributed by atoms with Crippen molar-refractivity contribution in [2.24, 2.45) is 5.92 Å². The van der Waals surface area contributed by atoms with Gasteiger partial charge in [0.2, 0.25) is 0 Å². The number of rotatable bonds is 6. The van der Waals surface area contributed by atoms with Crippen LogP contribution in [0.5, 0.6) is 11.5 Å². The molecule has 1 aromatic heterocycles. The summed E-state index contributed by atoms with van der Waals surface area (Å²) in [6.07, 6.45) is 3.47. The minimum Gasteiger partial charge on any atom is -0.497 e. The lowest BCUT2D eigenvalue weighted by atomic mass is 9.96. The van der Waals surface area contributed by atoms with Crippen LogP contribution in [0, 0.1) is 5.92 Å². The van der Waals surface area contributed by atoms with E-state index in [-0.39, 0.29) is 18.1 Å². The highest BCUT2D eigenvalue weighted by atomic mass is 16.7. The van der Waals surface area contributed by atoms with Gasteiger partial charge in [0.1, 0.15) is 17.2 Å². The van der Waals surface area contributed by atoms with Gasteiger partial charge in [-0.2, -0.15) is 5.10 Å². The van der Waals surface area contributed by atoms with Crippen LogP contribution < -0.4 is 9.47 Å². The predicted octanol–water partition coefficient (Wildman–Crippen LogP) is 3.78. The van der Waals surface area contributed by atoms with Crippen molar-refractivity contribution in [2.75, 3.05) is 40.5 Å². The van der Waals surface area contributed by atoms with E-state index in [1.54, 1.807) is 25.0 Å². The Labute approximate surface area is 199 Å². The van der Waals surface area contributed by atoms with Crippen LogP contribution in [0.4, 0.5) is 0 Å². The Morgan fingerprint density at radius 1 is 1.06 bits per heavy atom. The summed E-state index contributed by atoms with van der Waals surface area (Å²) in [5, 5.41) is 4.83. The number of nitrogens with zero attached hydrogens (tertiary/aromatic N) is 3. The smallest absolute Gasteiger partial charge is 0.257 e. The fourth-order valence-corrected chi connectivity index (χ4v) is 4.67. The highest BCUT2D eigenvalue weighted by Crippen LogP contribution is 2.36. The Bertz CT molecular complexity index is 1140. The minimum atomic E-state index is -0.233. The highest BCUT2D eigenvalue weighted by Gasteiger charge is 2.34.